The third-order valence-corrected chi connectivity index (χ3v) is 5.69. The molecule has 7 nitrogen and oxygen atoms in total. The fourth-order valence-electron chi connectivity index (χ4n) is 2.32. The fraction of sp³-hybridized carbons (Fsp3) is 0.211. The van der Waals surface area contributed by atoms with E-state index in [-0.39, 0.29) is 0 Å². The third-order valence-electron chi connectivity index (χ3n) is 3.66. The molecule has 0 saturated heterocycles. The lowest BCUT2D eigenvalue weighted by Gasteiger charge is -2.19. The Labute approximate surface area is 169 Å². The maximum absolute atomic E-state index is 5.86. The number of aromatic nitrogens is 3. The van der Waals surface area contributed by atoms with Crippen LogP contribution in [0.4, 0.5) is 0 Å². The van der Waals surface area contributed by atoms with Crippen LogP contribution < -0.4 is 4.52 Å². The van der Waals surface area contributed by atoms with Gasteiger partial charge in [0.1, 0.15) is 24.1 Å². The van der Waals surface area contributed by atoms with Crippen molar-refractivity contribution in [2.24, 2.45) is 5.16 Å². The standard InChI is InChI=1S/C19H21N4O3PS/c1-3-24-27(28,25-18-11-9-16(2)10-12-18)26-22-19(13-23-15-20-14-21-23)17-7-5-4-6-8-17/h4-12,14-15H,3,13H2,1-2H3/b22-19+. The summed E-state index contributed by atoms with van der Waals surface area (Å²) in [5.74, 6) is 0.579. The summed E-state index contributed by atoms with van der Waals surface area (Å²) in [6, 6.07) is 17.2. The maximum Gasteiger partial charge on any atom is 0.455 e. The second-order valence-corrected chi connectivity index (χ2v) is 8.69. The molecule has 0 radical (unpaired) electrons. The predicted molar refractivity (Wildman–Crippen MR) is 112 cm³/mol. The Balaban J connectivity index is 1.84. The number of nitrogens with zero attached hydrogens (tertiary/aromatic N) is 4. The van der Waals surface area contributed by atoms with E-state index in [0.29, 0.717) is 24.6 Å². The first kappa shape index (κ1) is 20.2. The van der Waals surface area contributed by atoms with E-state index in [4.69, 9.17) is 25.5 Å². The SMILES string of the molecule is CCOP(=S)(O/N=C(\Cn1cncn1)c1ccccc1)Oc1ccc(C)cc1. The fourth-order valence-corrected chi connectivity index (χ4v) is 4.03. The van der Waals surface area contributed by atoms with Gasteiger partial charge in [-0.15, -0.1) is 0 Å². The van der Waals surface area contributed by atoms with E-state index in [1.165, 1.54) is 6.33 Å². The minimum Gasteiger partial charge on any atom is -0.415 e. The van der Waals surface area contributed by atoms with Crippen LogP contribution in [0.25, 0.3) is 0 Å². The van der Waals surface area contributed by atoms with Gasteiger partial charge in [-0.25, -0.2) is 9.67 Å². The lowest BCUT2D eigenvalue weighted by atomic mass is 10.1. The molecule has 9 heteroatoms. The number of hydrogen-bond donors (Lipinski definition) is 0. The molecule has 3 rings (SSSR count). The topological polar surface area (TPSA) is 70.8 Å². The van der Waals surface area contributed by atoms with E-state index in [0.717, 1.165) is 11.1 Å². The van der Waals surface area contributed by atoms with Gasteiger partial charge in [0, 0.05) is 17.4 Å². The number of oxime groups is 1. The Morgan fingerprint density at radius 1 is 1.14 bits per heavy atom. The molecule has 1 unspecified atom stereocenters. The highest BCUT2D eigenvalue weighted by Gasteiger charge is 2.24. The zero-order valence-corrected chi connectivity index (χ0v) is 17.3. The highest BCUT2D eigenvalue weighted by molar-refractivity contribution is 8.07. The van der Waals surface area contributed by atoms with Crippen molar-refractivity contribution in [1.82, 2.24) is 14.8 Å². The van der Waals surface area contributed by atoms with Gasteiger partial charge in [-0.2, -0.15) is 5.10 Å². The molecule has 1 heterocycles. The Kier molecular flexibility index (Phi) is 6.92. The smallest absolute Gasteiger partial charge is 0.415 e. The summed E-state index contributed by atoms with van der Waals surface area (Å²) in [6.45, 7) is 1.43. The van der Waals surface area contributed by atoms with Gasteiger partial charge < -0.3 is 9.15 Å². The Bertz CT molecular complexity index is 947. The molecule has 2 aromatic carbocycles. The second kappa shape index (κ2) is 9.59. The largest absolute Gasteiger partial charge is 0.455 e. The predicted octanol–water partition coefficient (Wildman–Crippen LogP) is 4.35. The van der Waals surface area contributed by atoms with E-state index in [1.54, 1.807) is 11.0 Å². The van der Waals surface area contributed by atoms with Crippen molar-refractivity contribution in [1.29, 1.82) is 0 Å². The van der Waals surface area contributed by atoms with Gasteiger partial charge in [0.15, 0.2) is 0 Å². The van der Waals surface area contributed by atoms with Crippen molar-refractivity contribution in [3.8, 4) is 5.75 Å². The quantitative estimate of drug-likeness (QED) is 0.293. The summed E-state index contributed by atoms with van der Waals surface area (Å²) >= 11 is 5.53. The van der Waals surface area contributed by atoms with Crippen molar-refractivity contribution >= 4 is 24.2 Å². The Morgan fingerprint density at radius 2 is 1.89 bits per heavy atom. The Morgan fingerprint density at radius 3 is 2.54 bits per heavy atom. The molecule has 0 spiro atoms. The molecule has 1 atom stereocenters. The van der Waals surface area contributed by atoms with Gasteiger partial charge in [-0.1, -0.05) is 53.2 Å². The first-order chi connectivity index (χ1) is 13.6. The van der Waals surface area contributed by atoms with Crippen LogP contribution in [0.15, 0.2) is 72.4 Å². The maximum atomic E-state index is 5.86. The minimum absolute atomic E-state index is 0.350. The molecule has 0 aliphatic carbocycles. The summed E-state index contributed by atoms with van der Waals surface area (Å²) < 4.78 is 18.8. The van der Waals surface area contributed by atoms with Crippen LogP contribution in [0, 0.1) is 6.92 Å². The highest BCUT2D eigenvalue weighted by atomic mass is 32.5. The van der Waals surface area contributed by atoms with Crippen LogP contribution in [0.1, 0.15) is 18.1 Å². The molecular weight excluding hydrogens is 395 g/mol. The number of aryl methyl sites for hydroxylation is 1. The molecule has 0 bridgehead atoms. The summed E-state index contributed by atoms with van der Waals surface area (Å²) in [7, 11) is 0. The molecule has 3 aromatic rings. The van der Waals surface area contributed by atoms with E-state index in [9.17, 15) is 0 Å². The Hall–Kier alpha value is -2.54. The van der Waals surface area contributed by atoms with Gasteiger partial charge in [-0.3, -0.25) is 4.52 Å². The van der Waals surface area contributed by atoms with Crippen LogP contribution >= 0.6 is 6.72 Å². The molecule has 146 valence electrons. The number of hydrogen-bond acceptors (Lipinski definition) is 7. The molecule has 0 aliphatic rings. The lowest BCUT2D eigenvalue weighted by molar-refractivity contribution is 0.216. The van der Waals surface area contributed by atoms with Crippen LogP contribution in [0.2, 0.25) is 0 Å². The van der Waals surface area contributed by atoms with E-state index in [1.807, 2.05) is 68.4 Å². The average Bonchev–Trinajstić information content (AvgIpc) is 3.21. The lowest BCUT2D eigenvalue weighted by Crippen LogP contribution is -2.13. The van der Waals surface area contributed by atoms with Gasteiger partial charge in [-0.05, 0) is 26.0 Å². The van der Waals surface area contributed by atoms with Crippen LogP contribution in [-0.2, 0) is 27.5 Å². The summed E-state index contributed by atoms with van der Waals surface area (Å²) in [6.07, 6.45) is 3.08. The first-order valence-electron chi connectivity index (χ1n) is 8.72. The van der Waals surface area contributed by atoms with Gasteiger partial charge in [0.05, 0.1) is 13.2 Å². The average molecular weight is 416 g/mol. The van der Waals surface area contributed by atoms with Crippen LogP contribution in [0.5, 0.6) is 5.75 Å². The van der Waals surface area contributed by atoms with Crippen molar-refractivity contribution < 1.29 is 13.7 Å². The molecule has 0 saturated carbocycles. The van der Waals surface area contributed by atoms with Crippen molar-refractivity contribution in [3.05, 3.63) is 78.4 Å². The van der Waals surface area contributed by atoms with E-state index in [2.05, 4.69) is 15.2 Å². The van der Waals surface area contributed by atoms with E-state index < -0.39 is 6.72 Å². The number of rotatable bonds is 9. The zero-order chi connectivity index (χ0) is 19.8. The van der Waals surface area contributed by atoms with Gasteiger partial charge in [0.25, 0.3) is 0 Å². The number of benzene rings is 2. The van der Waals surface area contributed by atoms with Crippen LogP contribution in [0.3, 0.4) is 0 Å². The minimum atomic E-state index is -3.12. The molecule has 0 fully saturated rings. The van der Waals surface area contributed by atoms with Crippen molar-refractivity contribution in [2.75, 3.05) is 6.61 Å². The van der Waals surface area contributed by atoms with Crippen molar-refractivity contribution in [2.45, 2.75) is 20.4 Å². The van der Waals surface area contributed by atoms with E-state index >= 15 is 0 Å². The van der Waals surface area contributed by atoms with Crippen molar-refractivity contribution in [3.63, 3.8) is 0 Å². The summed E-state index contributed by atoms with van der Waals surface area (Å²) in [5, 5.41) is 8.42. The zero-order valence-electron chi connectivity index (χ0n) is 15.6. The first-order valence-corrected chi connectivity index (χ1v) is 11.3. The molecular formula is C19H21N4O3PS. The highest BCUT2D eigenvalue weighted by Crippen LogP contribution is 2.50. The molecule has 1 aromatic heterocycles. The summed E-state index contributed by atoms with van der Waals surface area (Å²) in [5.41, 5.74) is 2.63. The van der Waals surface area contributed by atoms with Gasteiger partial charge >= 0.3 is 6.72 Å². The summed E-state index contributed by atoms with van der Waals surface area (Å²) in [4.78, 5) is 3.96. The molecule has 0 amide bonds. The van der Waals surface area contributed by atoms with Gasteiger partial charge in [0.2, 0.25) is 0 Å². The van der Waals surface area contributed by atoms with Crippen LogP contribution in [-0.4, -0.2) is 27.1 Å². The monoisotopic (exact) mass is 416 g/mol. The molecule has 0 N–H and O–H groups in total. The normalized spacial score (nSPS) is 13.7. The molecule has 28 heavy (non-hydrogen) atoms. The second-order valence-electron chi connectivity index (χ2n) is 5.85. The molecule has 0 aliphatic heterocycles. The third kappa shape index (κ3) is 5.73.